The Kier molecular flexibility index (Phi) is 4.71. The first-order chi connectivity index (χ1) is 11.7. The summed E-state index contributed by atoms with van der Waals surface area (Å²) in [6.45, 7) is 0.0782. The van der Waals surface area contributed by atoms with Crippen molar-refractivity contribution in [3.63, 3.8) is 0 Å². The SMILES string of the molecule is COc1ccc(-c2noc(CNC(=O)Oc3ccccc3)n2)cc1. The van der Waals surface area contributed by atoms with Crippen molar-refractivity contribution in [1.29, 1.82) is 0 Å². The molecule has 7 nitrogen and oxygen atoms in total. The molecule has 1 aromatic heterocycles. The zero-order valence-electron chi connectivity index (χ0n) is 12.9. The molecule has 0 radical (unpaired) electrons. The molecule has 1 N–H and O–H groups in total. The Labute approximate surface area is 138 Å². The van der Waals surface area contributed by atoms with Gasteiger partial charge < -0.3 is 19.3 Å². The number of carbonyl (C=O) groups excluding carboxylic acids is 1. The Bertz CT molecular complexity index is 800. The molecule has 0 aliphatic heterocycles. The zero-order valence-corrected chi connectivity index (χ0v) is 12.9. The topological polar surface area (TPSA) is 86.5 Å². The Balaban J connectivity index is 1.56. The summed E-state index contributed by atoms with van der Waals surface area (Å²) in [7, 11) is 1.60. The molecule has 0 fully saturated rings. The van der Waals surface area contributed by atoms with Crippen molar-refractivity contribution in [1.82, 2.24) is 15.5 Å². The quantitative estimate of drug-likeness (QED) is 0.776. The molecule has 2 aromatic carbocycles. The van der Waals surface area contributed by atoms with Crippen LogP contribution in [-0.2, 0) is 6.54 Å². The second-order valence-electron chi connectivity index (χ2n) is 4.80. The van der Waals surface area contributed by atoms with E-state index in [0.29, 0.717) is 11.6 Å². The number of hydrogen-bond acceptors (Lipinski definition) is 6. The molecule has 0 aliphatic carbocycles. The lowest BCUT2D eigenvalue weighted by Gasteiger charge is -2.03. The van der Waals surface area contributed by atoms with E-state index >= 15 is 0 Å². The number of carbonyl (C=O) groups is 1. The lowest BCUT2D eigenvalue weighted by Crippen LogP contribution is -2.26. The predicted octanol–water partition coefficient (Wildman–Crippen LogP) is 3.03. The van der Waals surface area contributed by atoms with Crippen LogP contribution in [0.2, 0.25) is 0 Å². The van der Waals surface area contributed by atoms with Gasteiger partial charge in [-0.2, -0.15) is 4.98 Å². The Hall–Kier alpha value is -3.35. The van der Waals surface area contributed by atoms with Crippen molar-refractivity contribution in [2.45, 2.75) is 6.54 Å². The van der Waals surface area contributed by atoms with Gasteiger partial charge in [-0.15, -0.1) is 0 Å². The second kappa shape index (κ2) is 7.28. The van der Waals surface area contributed by atoms with Gasteiger partial charge in [-0.05, 0) is 36.4 Å². The van der Waals surface area contributed by atoms with E-state index in [4.69, 9.17) is 14.0 Å². The molecule has 24 heavy (non-hydrogen) atoms. The van der Waals surface area contributed by atoms with Gasteiger partial charge in [0.1, 0.15) is 18.0 Å². The standard InChI is InChI=1S/C17H15N3O4/c1-22-13-9-7-12(8-10-13)16-19-15(24-20-16)11-18-17(21)23-14-5-3-2-4-6-14/h2-10H,11H2,1H3,(H,18,21). The Morgan fingerprint density at radius 3 is 2.54 bits per heavy atom. The van der Waals surface area contributed by atoms with Crippen molar-refractivity contribution in [3.05, 3.63) is 60.5 Å². The molecular weight excluding hydrogens is 310 g/mol. The molecule has 3 aromatic rings. The summed E-state index contributed by atoms with van der Waals surface area (Å²) in [4.78, 5) is 15.9. The number of ether oxygens (including phenoxy) is 2. The highest BCUT2D eigenvalue weighted by Crippen LogP contribution is 2.19. The second-order valence-corrected chi connectivity index (χ2v) is 4.80. The van der Waals surface area contributed by atoms with Crippen LogP contribution >= 0.6 is 0 Å². The van der Waals surface area contributed by atoms with E-state index in [1.165, 1.54) is 0 Å². The predicted molar refractivity (Wildman–Crippen MR) is 85.6 cm³/mol. The van der Waals surface area contributed by atoms with Gasteiger partial charge in [0.25, 0.3) is 0 Å². The largest absolute Gasteiger partial charge is 0.497 e. The van der Waals surface area contributed by atoms with Crippen LogP contribution in [0.1, 0.15) is 5.89 Å². The van der Waals surface area contributed by atoms with E-state index in [2.05, 4.69) is 15.5 Å². The van der Waals surface area contributed by atoms with E-state index < -0.39 is 6.09 Å². The maximum atomic E-state index is 11.7. The first kappa shape index (κ1) is 15.5. The molecule has 0 saturated heterocycles. The molecule has 0 unspecified atom stereocenters. The molecule has 3 rings (SSSR count). The van der Waals surface area contributed by atoms with Crippen LogP contribution < -0.4 is 14.8 Å². The van der Waals surface area contributed by atoms with E-state index in [1.807, 2.05) is 18.2 Å². The molecule has 0 aliphatic rings. The van der Waals surface area contributed by atoms with Gasteiger partial charge in [0.2, 0.25) is 11.7 Å². The highest BCUT2D eigenvalue weighted by atomic mass is 16.6. The summed E-state index contributed by atoms with van der Waals surface area (Å²) in [6, 6.07) is 16.0. The van der Waals surface area contributed by atoms with E-state index in [-0.39, 0.29) is 12.4 Å². The van der Waals surface area contributed by atoms with Gasteiger partial charge in [-0.1, -0.05) is 23.4 Å². The Morgan fingerprint density at radius 1 is 1.08 bits per heavy atom. The van der Waals surface area contributed by atoms with Gasteiger partial charge in [-0.3, -0.25) is 0 Å². The van der Waals surface area contributed by atoms with Gasteiger partial charge in [-0.25, -0.2) is 4.79 Å². The van der Waals surface area contributed by atoms with Gasteiger partial charge in [0.15, 0.2) is 0 Å². The third kappa shape index (κ3) is 3.89. The molecule has 0 atom stereocenters. The maximum Gasteiger partial charge on any atom is 0.413 e. The minimum absolute atomic E-state index is 0.0782. The van der Waals surface area contributed by atoms with Gasteiger partial charge in [0.05, 0.1) is 7.11 Å². The number of nitrogens with one attached hydrogen (secondary N) is 1. The van der Waals surface area contributed by atoms with E-state index in [9.17, 15) is 4.79 Å². The summed E-state index contributed by atoms with van der Waals surface area (Å²) < 4.78 is 15.3. The average molecular weight is 325 g/mol. The molecule has 0 spiro atoms. The molecular formula is C17H15N3O4. The van der Waals surface area contributed by atoms with Crippen LogP contribution in [0.25, 0.3) is 11.4 Å². The summed E-state index contributed by atoms with van der Waals surface area (Å²) in [5.41, 5.74) is 0.790. The molecule has 0 saturated carbocycles. The van der Waals surface area contributed by atoms with Gasteiger partial charge >= 0.3 is 6.09 Å². The fourth-order valence-corrected chi connectivity index (χ4v) is 1.96. The lowest BCUT2D eigenvalue weighted by atomic mass is 10.2. The Morgan fingerprint density at radius 2 is 1.83 bits per heavy atom. The van der Waals surface area contributed by atoms with Crippen molar-refractivity contribution < 1.29 is 18.8 Å². The monoisotopic (exact) mass is 325 g/mol. The smallest absolute Gasteiger partial charge is 0.413 e. The minimum Gasteiger partial charge on any atom is -0.497 e. The number of benzene rings is 2. The fourth-order valence-electron chi connectivity index (χ4n) is 1.96. The normalized spacial score (nSPS) is 10.2. The number of hydrogen-bond donors (Lipinski definition) is 1. The van der Waals surface area contributed by atoms with Crippen LogP contribution in [0.15, 0.2) is 59.1 Å². The molecule has 1 heterocycles. The van der Waals surface area contributed by atoms with Crippen molar-refractivity contribution in [3.8, 4) is 22.9 Å². The molecule has 1 amide bonds. The minimum atomic E-state index is -0.592. The van der Waals surface area contributed by atoms with E-state index in [1.54, 1.807) is 43.5 Å². The number of amides is 1. The number of methoxy groups -OCH3 is 1. The van der Waals surface area contributed by atoms with Gasteiger partial charge in [0, 0.05) is 5.56 Å². The van der Waals surface area contributed by atoms with Crippen LogP contribution in [0.3, 0.4) is 0 Å². The van der Waals surface area contributed by atoms with Crippen LogP contribution in [-0.4, -0.2) is 23.3 Å². The summed E-state index contributed by atoms with van der Waals surface area (Å²) >= 11 is 0. The summed E-state index contributed by atoms with van der Waals surface area (Å²) in [6.07, 6.45) is -0.592. The first-order valence-electron chi connectivity index (χ1n) is 7.22. The number of para-hydroxylation sites is 1. The summed E-state index contributed by atoms with van der Waals surface area (Å²) in [5.74, 6) is 1.92. The van der Waals surface area contributed by atoms with Crippen molar-refractivity contribution >= 4 is 6.09 Å². The number of rotatable bonds is 5. The van der Waals surface area contributed by atoms with Crippen LogP contribution in [0.5, 0.6) is 11.5 Å². The maximum absolute atomic E-state index is 11.7. The molecule has 7 heteroatoms. The number of aromatic nitrogens is 2. The first-order valence-corrected chi connectivity index (χ1v) is 7.22. The fraction of sp³-hybridized carbons (Fsp3) is 0.118. The lowest BCUT2D eigenvalue weighted by molar-refractivity contribution is 0.198. The highest BCUT2D eigenvalue weighted by Gasteiger charge is 2.11. The highest BCUT2D eigenvalue weighted by molar-refractivity contribution is 5.70. The van der Waals surface area contributed by atoms with Crippen LogP contribution in [0.4, 0.5) is 4.79 Å². The third-order valence-electron chi connectivity index (χ3n) is 3.15. The van der Waals surface area contributed by atoms with Crippen molar-refractivity contribution in [2.24, 2.45) is 0 Å². The van der Waals surface area contributed by atoms with E-state index in [0.717, 1.165) is 11.3 Å². The molecule has 122 valence electrons. The van der Waals surface area contributed by atoms with Crippen LogP contribution in [0, 0.1) is 0 Å². The van der Waals surface area contributed by atoms with Crippen molar-refractivity contribution in [2.75, 3.05) is 7.11 Å². The zero-order chi connectivity index (χ0) is 16.8. The average Bonchev–Trinajstić information content (AvgIpc) is 3.10. The third-order valence-corrected chi connectivity index (χ3v) is 3.15. The number of nitrogens with zero attached hydrogens (tertiary/aromatic N) is 2. The molecule has 0 bridgehead atoms. The summed E-state index contributed by atoms with van der Waals surface area (Å²) in [5, 5.41) is 6.44.